The van der Waals surface area contributed by atoms with E-state index >= 15 is 0 Å². The van der Waals surface area contributed by atoms with Crippen molar-refractivity contribution in [2.24, 2.45) is 24.8 Å². The largest absolute Gasteiger partial charge is 0.497 e. The number of nitrogens with one attached hydrogen (secondary N) is 1. The van der Waals surface area contributed by atoms with Gasteiger partial charge in [0, 0.05) is 19.2 Å². The molecule has 1 N–H and O–H groups in total. The van der Waals surface area contributed by atoms with Crippen LogP contribution in [0.4, 0.5) is 0 Å². The number of carbonyl (C=O) groups is 1. The molecule has 1 aromatic carbocycles. The van der Waals surface area contributed by atoms with Crippen LogP contribution in [0, 0.1) is 17.8 Å². The van der Waals surface area contributed by atoms with E-state index in [1.165, 1.54) is 12.8 Å². The zero-order valence-electron chi connectivity index (χ0n) is 14.6. The third-order valence-corrected chi connectivity index (χ3v) is 5.44. The van der Waals surface area contributed by atoms with Gasteiger partial charge in [-0.25, -0.2) is 0 Å². The van der Waals surface area contributed by atoms with Gasteiger partial charge in [0.15, 0.2) is 0 Å². The molecule has 3 atom stereocenters. The zero-order chi connectivity index (χ0) is 17.4. The van der Waals surface area contributed by atoms with E-state index in [1.807, 2.05) is 37.4 Å². The topological polar surface area (TPSA) is 56.1 Å². The minimum Gasteiger partial charge on any atom is -0.497 e. The van der Waals surface area contributed by atoms with Gasteiger partial charge in [-0.05, 0) is 60.9 Å². The summed E-state index contributed by atoms with van der Waals surface area (Å²) in [6.45, 7) is 0.743. The first-order valence-corrected chi connectivity index (χ1v) is 8.79. The predicted octanol–water partition coefficient (Wildman–Crippen LogP) is 3.04. The maximum atomic E-state index is 12.6. The van der Waals surface area contributed by atoms with Crippen LogP contribution in [0.1, 0.15) is 23.3 Å². The highest BCUT2D eigenvalue weighted by atomic mass is 16.5. The molecule has 0 unspecified atom stereocenters. The summed E-state index contributed by atoms with van der Waals surface area (Å²) in [6.07, 6.45) is 7.10. The van der Waals surface area contributed by atoms with Crippen LogP contribution in [-0.2, 0) is 7.05 Å². The normalized spacial score (nSPS) is 23.8. The van der Waals surface area contributed by atoms with Crippen molar-refractivity contribution < 1.29 is 9.53 Å². The number of methoxy groups -OCH3 is 1. The molecule has 1 saturated carbocycles. The van der Waals surface area contributed by atoms with Crippen LogP contribution >= 0.6 is 0 Å². The number of benzene rings is 1. The van der Waals surface area contributed by atoms with Crippen molar-refractivity contribution in [1.29, 1.82) is 0 Å². The van der Waals surface area contributed by atoms with E-state index in [9.17, 15) is 4.79 Å². The molecule has 5 nitrogen and oxygen atoms in total. The number of allylic oxidation sites excluding steroid dienone is 2. The van der Waals surface area contributed by atoms with Gasteiger partial charge < -0.3 is 10.1 Å². The number of fused-ring (bicyclic) bond motifs is 2. The second kappa shape index (κ2) is 6.39. The Morgan fingerprint density at radius 1 is 1.28 bits per heavy atom. The second-order valence-electron chi connectivity index (χ2n) is 7.02. The van der Waals surface area contributed by atoms with Crippen LogP contribution in [-0.4, -0.2) is 29.3 Å². The number of aryl methyl sites for hydroxylation is 1. The van der Waals surface area contributed by atoms with E-state index < -0.39 is 0 Å². The van der Waals surface area contributed by atoms with Crippen molar-refractivity contribution in [2.45, 2.75) is 12.8 Å². The monoisotopic (exact) mass is 337 g/mol. The van der Waals surface area contributed by atoms with E-state index in [-0.39, 0.29) is 5.91 Å². The quantitative estimate of drug-likeness (QED) is 0.853. The maximum Gasteiger partial charge on any atom is 0.269 e. The van der Waals surface area contributed by atoms with Gasteiger partial charge in [-0.1, -0.05) is 12.2 Å². The number of rotatable bonds is 5. The fourth-order valence-electron chi connectivity index (χ4n) is 4.03. The lowest BCUT2D eigenvalue weighted by molar-refractivity contribution is 0.0935. The number of hydrogen-bond acceptors (Lipinski definition) is 3. The summed E-state index contributed by atoms with van der Waals surface area (Å²) in [7, 11) is 3.45. The molecule has 1 aromatic heterocycles. The van der Waals surface area contributed by atoms with Gasteiger partial charge in [-0.3, -0.25) is 9.48 Å². The fourth-order valence-corrected chi connectivity index (χ4v) is 4.03. The number of aromatic nitrogens is 2. The molecule has 25 heavy (non-hydrogen) atoms. The molecule has 2 aromatic rings. The van der Waals surface area contributed by atoms with Gasteiger partial charge in [0.05, 0.1) is 12.8 Å². The van der Waals surface area contributed by atoms with Crippen LogP contribution in [0.5, 0.6) is 5.75 Å². The third kappa shape index (κ3) is 3.06. The van der Waals surface area contributed by atoms with Crippen molar-refractivity contribution in [3.63, 3.8) is 0 Å². The summed E-state index contributed by atoms with van der Waals surface area (Å²) in [4.78, 5) is 12.6. The van der Waals surface area contributed by atoms with Gasteiger partial charge in [-0.2, -0.15) is 5.10 Å². The Kier molecular flexibility index (Phi) is 4.07. The van der Waals surface area contributed by atoms with Crippen molar-refractivity contribution in [3.8, 4) is 17.0 Å². The molecule has 2 bridgehead atoms. The summed E-state index contributed by atoms with van der Waals surface area (Å²) < 4.78 is 6.83. The molecule has 2 aliphatic rings. The van der Waals surface area contributed by atoms with E-state index in [0.29, 0.717) is 17.5 Å². The Balaban J connectivity index is 1.44. The standard InChI is InChI=1S/C20H23N3O2/c1-23-19(11-18(22-23)14-5-7-17(25-2)8-6-14)20(24)21-12-16-10-13-3-4-15(16)9-13/h3-8,11,13,15-16H,9-10,12H2,1-2H3,(H,21,24)/t13-,15+,16-/m1/s1. The Bertz CT molecular complexity index is 807. The average molecular weight is 337 g/mol. The highest BCUT2D eigenvalue weighted by molar-refractivity contribution is 5.93. The Hall–Kier alpha value is -2.56. The maximum absolute atomic E-state index is 12.6. The van der Waals surface area contributed by atoms with Crippen LogP contribution in [0.2, 0.25) is 0 Å². The lowest BCUT2D eigenvalue weighted by Gasteiger charge is -2.18. The summed E-state index contributed by atoms with van der Waals surface area (Å²) in [5.41, 5.74) is 2.34. The SMILES string of the molecule is COc1ccc(-c2cc(C(=O)NC[C@H]3C[C@@H]4C=C[C@H]3C4)n(C)n2)cc1. The van der Waals surface area contributed by atoms with Gasteiger partial charge in [0.2, 0.25) is 0 Å². The molecule has 5 heteroatoms. The molecular formula is C20H23N3O2. The molecule has 1 amide bonds. The molecule has 0 aliphatic heterocycles. The summed E-state index contributed by atoms with van der Waals surface area (Å²) in [5.74, 6) is 2.70. The minimum absolute atomic E-state index is 0.0542. The Morgan fingerprint density at radius 3 is 2.72 bits per heavy atom. The van der Waals surface area contributed by atoms with Crippen LogP contribution in [0.3, 0.4) is 0 Å². The molecule has 1 fully saturated rings. The minimum atomic E-state index is -0.0542. The van der Waals surface area contributed by atoms with Gasteiger partial charge >= 0.3 is 0 Å². The first-order valence-electron chi connectivity index (χ1n) is 8.79. The predicted molar refractivity (Wildman–Crippen MR) is 96.4 cm³/mol. The Morgan fingerprint density at radius 2 is 2.08 bits per heavy atom. The molecular weight excluding hydrogens is 314 g/mol. The first kappa shape index (κ1) is 15.9. The van der Waals surface area contributed by atoms with Crippen LogP contribution < -0.4 is 10.1 Å². The number of hydrogen-bond donors (Lipinski definition) is 1. The molecule has 1 heterocycles. The highest BCUT2D eigenvalue weighted by Gasteiger charge is 2.35. The van der Waals surface area contributed by atoms with E-state index in [0.717, 1.165) is 29.5 Å². The zero-order valence-corrected chi connectivity index (χ0v) is 14.6. The third-order valence-electron chi connectivity index (χ3n) is 5.44. The van der Waals surface area contributed by atoms with E-state index in [4.69, 9.17) is 4.74 Å². The molecule has 2 aliphatic carbocycles. The number of ether oxygens (including phenoxy) is 1. The number of nitrogens with zero attached hydrogens (tertiary/aromatic N) is 2. The molecule has 0 spiro atoms. The van der Waals surface area contributed by atoms with Gasteiger partial charge in [0.25, 0.3) is 5.91 Å². The fraction of sp³-hybridized carbons (Fsp3) is 0.400. The smallest absolute Gasteiger partial charge is 0.269 e. The van der Waals surface area contributed by atoms with Crippen molar-refractivity contribution >= 4 is 5.91 Å². The van der Waals surface area contributed by atoms with E-state index in [2.05, 4.69) is 22.6 Å². The average Bonchev–Trinajstić information content (AvgIpc) is 3.35. The number of carbonyl (C=O) groups excluding carboxylic acids is 1. The van der Waals surface area contributed by atoms with Crippen molar-refractivity contribution in [1.82, 2.24) is 15.1 Å². The van der Waals surface area contributed by atoms with Gasteiger partial charge in [-0.15, -0.1) is 0 Å². The molecule has 0 radical (unpaired) electrons. The summed E-state index contributed by atoms with van der Waals surface area (Å²) in [5, 5.41) is 7.58. The van der Waals surface area contributed by atoms with Crippen molar-refractivity contribution in [2.75, 3.05) is 13.7 Å². The molecule has 4 rings (SSSR count). The summed E-state index contributed by atoms with van der Waals surface area (Å²) in [6, 6.07) is 9.53. The molecule has 0 saturated heterocycles. The lowest BCUT2D eigenvalue weighted by Crippen LogP contribution is -2.32. The summed E-state index contributed by atoms with van der Waals surface area (Å²) >= 11 is 0. The van der Waals surface area contributed by atoms with E-state index in [1.54, 1.807) is 11.8 Å². The number of amides is 1. The first-order chi connectivity index (χ1) is 12.1. The lowest BCUT2D eigenvalue weighted by atomic mass is 9.93. The second-order valence-corrected chi connectivity index (χ2v) is 7.02. The van der Waals surface area contributed by atoms with Crippen LogP contribution in [0.15, 0.2) is 42.5 Å². The highest BCUT2D eigenvalue weighted by Crippen LogP contribution is 2.42. The molecule has 130 valence electrons. The van der Waals surface area contributed by atoms with Crippen molar-refractivity contribution in [3.05, 3.63) is 48.2 Å². The van der Waals surface area contributed by atoms with Gasteiger partial charge in [0.1, 0.15) is 11.4 Å². The van der Waals surface area contributed by atoms with Crippen LogP contribution in [0.25, 0.3) is 11.3 Å². The Labute approximate surface area is 147 Å².